The maximum Gasteiger partial charge on any atom is 0.409 e. The van der Waals surface area contributed by atoms with Crippen LogP contribution in [0.4, 0.5) is 4.79 Å². The third kappa shape index (κ3) is 5.11. The molecule has 1 fully saturated rings. The van der Waals surface area contributed by atoms with E-state index in [0.29, 0.717) is 32.3 Å². The molecule has 1 amide bonds. The molecule has 7 heteroatoms. The third-order valence-corrected chi connectivity index (χ3v) is 4.13. The number of hydrogen-bond donors (Lipinski definition) is 2. The summed E-state index contributed by atoms with van der Waals surface area (Å²) >= 11 is 0. The zero-order valence-corrected chi connectivity index (χ0v) is 14.7. The lowest BCUT2D eigenvalue weighted by atomic mass is 10.1. The van der Waals surface area contributed by atoms with E-state index in [9.17, 15) is 4.79 Å². The summed E-state index contributed by atoms with van der Waals surface area (Å²) in [6.45, 7) is 6.32. The van der Waals surface area contributed by atoms with Gasteiger partial charge in [-0.25, -0.2) is 4.79 Å². The largest absolute Gasteiger partial charge is 0.450 e. The molecule has 24 heavy (non-hydrogen) atoms. The molecule has 2 heterocycles. The van der Waals surface area contributed by atoms with Gasteiger partial charge < -0.3 is 20.3 Å². The molecule has 0 aromatic carbocycles. The number of nitrogens with zero attached hydrogens (tertiary/aromatic N) is 3. The van der Waals surface area contributed by atoms with E-state index >= 15 is 0 Å². The predicted octanol–water partition coefficient (Wildman–Crippen LogP) is 1.68. The maximum atomic E-state index is 11.7. The number of pyridine rings is 1. The van der Waals surface area contributed by atoms with Gasteiger partial charge in [-0.05, 0) is 38.3 Å². The maximum absolute atomic E-state index is 11.7. The summed E-state index contributed by atoms with van der Waals surface area (Å²) in [5.41, 5.74) is 2.17. The number of aryl methyl sites for hydroxylation is 1. The van der Waals surface area contributed by atoms with Gasteiger partial charge in [-0.3, -0.25) is 9.98 Å². The SMILES string of the molecule is CCOC(=O)N1CCC(NC(=NC)NCc2ncccc2C)CC1. The summed E-state index contributed by atoms with van der Waals surface area (Å²) in [6, 6.07) is 4.28. The highest BCUT2D eigenvalue weighted by Gasteiger charge is 2.24. The monoisotopic (exact) mass is 333 g/mol. The van der Waals surface area contributed by atoms with Crippen LogP contribution in [-0.4, -0.2) is 54.7 Å². The lowest BCUT2D eigenvalue weighted by Crippen LogP contribution is -2.49. The summed E-state index contributed by atoms with van der Waals surface area (Å²) in [5, 5.41) is 6.72. The standard InChI is InChI=1S/C17H27N5O2/c1-4-24-17(23)22-10-7-14(8-11-22)21-16(18-3)20-12-15-13(2)6-5-9-19-15/h5-6,9,14H,4,7-8,10-12H2,1-3H3,(H2,18,20,21). The number of likely N-dealkylation sites (tertiary alicyclic amines) is 1. The zero-order chi connectivity index (χ0) is 17.4. The first-order valence-electron chi connectivity index (χ1n) is 8.43. The molecule has 0 atom stereocenters. The number of aliphatic imine (C=N–C) groups is 1. The summed E-state index contributed by atoms with van der Waals surface area (Å²) in [6.07, 6.45) is 3.33. The molecule has 1 aromatic rings. The van der Waals surface area contributed by atoms with Gasteiger partial charge in [0.1, 0.15) is 0 Å². The molecule has 0 unspecified atom stereocenters. The number of amides is 1. The fraction of sp³-hybridized carbons (Fsp3) is 0.588. The van der Waals surface area contributed by atoms with Crippen LogP contribution in [0.15, 0.2) is 23.3 Å². The van der Waals surface area contributed by atoms with Crippen molar-refractivity contribution in [2.45, 2.75) is 39.3 Å². The highest BCUT2D eigenvalue weighted by Crippen LogP contribution is 2.11. The molecule has 2 rings (SSSR count). The molecular formula is C17H27N5O2. The summed E-state index contributed by atoms with van der Waals surface area (Å²) in [7, 11) is 1.76. The first-order chi connectivity index (χ1) is 11.6. The van der Waals surface area contributed by atoms with Gasteiger partial charge in [0.25, 0.3) is 0 Å². The molecule has 0 saturated carbocycles. The Kier molecular flexibility index (Phi) is 6.84. The van der Waals surface area contributed by atoms with Gasteiger partial charge in [-0.15, -0.1) is 0 Å². The molecule has 132 valence electrons. The van der Waals surface area contributed by atoms with Gasteiger partial charge in [0.15, 0.2) is 5.96 Å². The number of rotatable bonds is 4. The van der Waals surface area contributed by atoms with Crippen LogP contribution < -0.4 is 10.6 Å². The van der Waals surface area contributed by atoms with E-state index < -0.39 is 0 Å². The number of ether oxygens (including phenoxy) is 1. The van der Waals surface area contributed by atoms with Gasteiger partial charge in [-0.1, -0.05) is 6.07 Å². The van der Waals surface area contributed by atoms with E-state index in [1.807, 2.05) is 26.0 Å². The first-order valence-corrected chi connectivity index (χ1v) is 8.43. The van der Waals surface area contributed by atoms with Crippen molar-refractivity contribution in [3.05, 3.63) is 29.6 Å². The number of carbonyl (C=O) groups is 1. The Morgan fingerprint density at radius 1 is 1.46 bits per heavy atom. The van der Waals surface area contributed by atoms with Crippen LogP contribution in [0, 0.1) is 6.92 Å². The second-order valence-electron chi connectivity index (χ2n) is 5.80. The van der Waals surface area contributed by atoms with E-state index in [2.05, 4.69) is 20.6 Å². The molecule has 0 aliphatic carbocycles. The van der Waals surface area contributed by atoms with Gasteiger partial charge in [0.2, 0.25) is 0 Å². The summed E-state index contributed by atoms with van der Waals surface area (Å²) in [5.74, 6) is 0.759. The van der Waals surface area contributed by atoms with E-state index in [0.717, 1.165) is 30.1 Å². The van der Waals surface area contributed by atoms with Gasteiger partial charge in [0.05, 0.1) is 18.8 Å². The Balaban J connectivity index is 1.78. The quantitative estimate of drug-likeness (QED) is 0.647. The van der Waals surface area contributed by atoms with Crippen molar-refractivity contribution in [3.8, 4) is 0 Å². The average molecular weight is 333 g/mol. The first kappa shape index (κ1) is 18.0. The topological polar surface area (TPSA) is 78.8 Å². The minimum Gasteiger partial charge on any atom is -0.450 e. The Bertz CT molecular complexity index is 568. The van der Waals surface area contributed by atoms with Crippen molar-refractivity contribution in [2.24, 2.45) is 4.99 Å². The van der Waals surface area contributed by atoms with Gasteiger partial charge in [-0.2, -0.15) is 0 Å². The van der Waals surface area contributed by atoms with Crippen molar-refractivity contribution in [3.63, 3.8) is 0 Å². The third-order valence-electron chi connectivity index (χ3n) is 4.13. The average Bonchev–Trinajstić information content (AvgIpc) is 2.60. The van der Waals surface area contributed by atoms with Crippen molar-refractivity contribution in [2.75, 3.05) is 26.7 Å². The lowest BCUT2D eigenvalue weighted by Gasteiger charge is -2.32. The number of nitrogens with one attached hydrogen (secondary N) is 2. The number of aromatic nitrogens is 1. The number of guanidine groups is 1. The van der Waals surface area contributed by atoms with Crippen LogP contribution in [-0.2, 0) is 11.3 Å². The molecule has 7 nitrogen and oxygen atoms in total. The molecule has 1 aliphatic heterocycles. The number of piperidine rings is 1. The minimum absolute atomic E-state index is 0.218. The molecule has 1 aromatic heterocycles. The molecule has 0 spiro atoms. The van der Waals surface area contributed by atoms with Crippen molar-refractivity contribution in [1.82, 2.24) is 20.5 Å². The van der Waals surface area contributed by atoms with Crippen LogP contribution in [0.2, 0.25) is 0 Å². The summed E-state index contributed by atoms with van der Waals surface area (Å²) in [4.78, 5) is 22.1. The highest BCUT2D eigenvalue weighted by atomic mass is 16.6. The molecule has 1 saturated heterocycles. The Labute approximate surface area is 143 Å². The van der Waals surface area contributed by atoms with Gasteiger partial charge in [0, 0.05) is 32.4 Å². The molecule has 0 bridgehead atoms. The number of hydrogen-bond acceptors (Lipinski definition) is 4. The van der Waals surface area contributed by atoms with Crippen LogP contribution in [0.25, 0.3) is 0 Å². The fourth-order valence-corrected chi connectivity index (χ4v) is 2.68. The van der Waals surface area contributed by atoms with Crippen molar-refractivity contribution < 1.29 is 9.53 Å². The fourth-order valence-electron chi connectivity index (χ4n) is 2.68. The van der Waals surface area contributed by atoms with E-state index in [4.69, 9.17) is 4.74 Å². The normalized spacial score (nSPS) is 16.0. The van der Waals surface area contributed by atoms with Crippen molar-refractivity contribution >= 4 is 12.1 Å². The molecule has 1 aliphatic rings. The Morgan fingerprint density at radius 3 is 2.83 bits per heavy atom. The van der Waals surface area contributed by atoms with E-state index in [-0.39, 0.29) is 6.09 Å². The molecular weight excluding hydrogens is 306 g/mol. The second-order valence-corrected chi connectivity index (χ2v) is 5.80. The predicted molar refractivity (Wildman–Crippen MR) is 93.9 cm³/mol. The van der Waals surface area contributed by atoms with Gasteiger partial charge >= 0.3 is 6.09 Å². The van der Waals surface area contributed by atoms with Crippen LogP contribution in [0.5, 0.6) is 0 Å². The van der Waals surface area contributed by atoms with E-state index in [1.165, 1.54) is 0 Å². The Morgan fingerprint density at radius 2 is 2.21 bits per heavy atom. The second kappa shape index (κ2) is 9.10. The van der Waals surface area contributed by atoms with Crippen molar-refractivity contribution in [1.29, 1.82) is 0 Å². The molecule has 2 N–H and O–H groups in total. The smallest absolute Gasteiger partial charge is 0.409 e. The lowest BCUT2D eigenvalue weighted by molar-refractivity contribution is 0.0963. The van der Waals surface area contributed by atoms with E-state index in [1.54, 1.807) is 18.1 Å². The minimum atomic E-state index is -0.218. The zero-order valence-electron chi connectivity index (χ0n) is 14.7. The van der Waals surface area contributed by atoms with Crippen LogP contribution >= 0.6 is 0 Å². The number of carbonyl (C=O) groups excluding carboxylic acids is 1. The van der Waals surface area contributed by atoms with Crippen LogP contribution in [0.1, 0.15) is 31.0 Å². The Hall–Kier alpha value is -2.31. The highest BCUT2D eigenvalue weighted by molar-refractivity contribution is 5.80. The molecule has 0 radical (unpaired) electrons. The summed E-state index contributed by atoms with van der Waals surface area (Å²) < 4.78 is 5.04. The van der Waals surface area contributed by atoms with Crippen LogP contribution in [0.3, 0.4) is 0 Å².